The Labute approximate surface area is 150 Å². The first-order valence-electron chi connectivity index (χ1n) is 6.23. The molecule has 0 aliphatic carbocycles. The number of thiol groups is 2. The average molecular weight is 393 g/mol. The van der Waals surface area contributed by atoms with Gasteiger partial charge in [0.25, 0.3) is 0 Å². The van der Waals surface area contributed by atoms with Crippen LogP contribution < -0.4 is 5.73 Å². The maximum atomic E-state index is 9.87. The predicted molar refractivity (Wildman–Crippen MR) is 109 cm³/mol. The second kappa shape index (κ2) is 15.4. The normalized spacial score (nSPS) is 14.2. The lowest BCUT2D eigenvalue weighted by Gasteiger charge is -2.15. The summed E-state index contributed by atoms with van der Waals surface area (Å²) in [4.78, 5) is 0. The van der Waals surface area contributed by atoms with E-state index in [0.29, 0.717) is 5.25 Å². The minimum absolute atomic E-state index is 0.165. The molecular weight excluding hydrogens is 369 g/mol. The van der Waals surface area contributed by atoms with E-state index in [1.54, 1.807) is 23.5 Å². The van der Waals surface area contributed by atoms with Gasteiger partial charge < -0.3 is 10.8 Å². The molecule has 0 amide bonds. The van der Waals surface area contributed by atoms with Crippen molar-refractivity contribution in [2.45, 2.75) is 11.4 Å². The molecule has 0 aromatic rings. The van der Waals surface area contributed by atoms with Crippen LogP contribution in [0, 0.1) is 5.41 Å². The molecular formula is C11H24N2OS6. The summed E-state index contributed by atoms with van der Waals surface area (Å²) in [6.45, 7) is 0. The van der Waals surface area contributed by atoms with Crippen LogP contribution in [-0.2, 0) is 0 Å². The average Bonchev–Trinajstić information content (AvgIpc) is 2.41. The van der Waals surface area contributed by atoms with Gasteiger partial charge in [0.05, 0.1) is 6.10 Å². The highest BCUT2D eigenvalue weighted by Crippen LogP contribution is 2.19. The summed E-state index contributed by atoms with van der Waals surface area (Å²) < 4.78 is 0. The van der Waals surface area contributed by atoms with Crippen molar-refractivity contribution in [3.63, 3.8) is 0 Å². The highest BCUT2D eigenvalue weighted by atomic mass is 32.2. The van der Waals surface area contributed by atoms with Crippen LogP contribution >= 0.6 is 72.3 Å². The maximum absolute atomic E-state index is 9.87. The summed E-state index contributed by atoms with van der Waals surface area (Å²) in [6.07, 6.45) is -0.261. The first-order valence-corrected chi connectivity index (χ1v) is 11.8. The maximum Gasteiger partial charge on any atom is 0.151 e. The van der Waals surface area contributed by atoms with Gasteiger partial charge in [-0.25, -0.2) is 0 Å². The topological polar surface area (TPSA) is 70.1 Å². The van der Waals surface area contributed by atoms with Crippen molar-refractivity contribution in [2.75, 3.05) is 46.0 Å². The number of aliphatic hydroxyl groups excluding tert-OH is 1. The molecule has 9 heteroatoms. The van der Waals surface area contributed by atoms with Crippen LogP contribution in [0.3, 0.4) is 0 Å². The first kappa shape index (κ1) is 21.5. The van der Waals surface area contributed by atoms with Crippen LogP contribution in [0.4, 0.5) is 0 Å². The molecule has 2 unspecified atom stereocenters. The van der Waals surface area contributed by atoms with Crippen LogP contribution in [0.25, 0.3) is 0 Å². The van der Waals surface area contributed by atoms with Crippen molar-refractivity contribution >= 4 is 77.5 Å². The van der Waals surface area contributed by atoms with E-state index in [1.807, 2.05) is 11.8 Å². The lowest BCUT2D eigenvalue weighted by molar-refractivity contribution is 0.225. The van der Waals surface area contributed by atoms with E-state index in [9.17, 15) is 5.11 Å². The van der Waals surface area contributed by atoms with Crippen LogP contribution in [-0.4, -0.2) is 67.7 Å². The van der Waals surface area contributed by atoms with Gasteiger partial charge in [0.1, 0.15) is 0 Å². The van der Waals surface area contributed by atoms with Gasteiger partial charge >= 0.3 is 0 Å². The third-order valence-corrected chi connectivity index (χ3v) is 8.08. The van der Waals surface area contributed by atoms with Crippen LogP contribution in [0.2, 0.25) is 0 Å². The fourth-order valence-corrected chi connectivity index (χ4v) is 5.98. The predicted octanol–water partition coefficient (Wildman–Crippen LogP) is 2.40. The summed E-state index contributed by atoms with van der Waals surface area (Å²) in [5.74, 6) is 7.14. The third-order valence-electron chi connectivity index (χ3n) is 2.06. The van der Waals surface area contributed by atoms with Gasteiger partial charge in [-0.1, -0.05) is 11.8 Å². The summed E-state index contributed by atoms with van der Waals surface area (Å²) >= 11 is 15.3. The van der Waals surface area contributed by atoms with Gasteiger partial charge in [-0.05, 0) is 5.75 Å². The molecule has 0 bridgehead atoms. The molecule has 120 valence electrons. The number of amidine groups is 1. The highest BCUT2D eigenvalue weighted by molar-refractivity contribution is 8.14. The Morgan fingerprint density at radius 2 is 1.80 bits per heavy atom. The smallest absolute Gasteiger partial charge is 0.151 e. The summed E-state index contributed by atoms with van der Waals surface area (Å²) in [7, 11) is 0. The van der Waals surface area contributed by atoms with Gasteiger partial charge in [-0.2, -0.15) is 60.5 Å². The Morgan fingerprint density at radius 1 is 1.10 bits per heavy atom. The van der Waals surface area contributed by atoms with Crippen molar-refractivity contribution in [3.8, 4) is 0 Å². The summed E-state index contributed by atoms with van der Waals surface area (Å²) in [5.41, 5.74) is 5.25. The van der Waals surface area contributed by atoms with Crippen LogP contribution in [0.15, 0.2) is 0 Å². The Balaban J connectivity index is 3.47. The number of hydrogen-bond donors (Lipinski definition) is 5. The highest BCUT2D eigenvalue weighted by Gasteiger charge is 2.10. The molecule has 2 atom stereocenters. The van der Waals surface area contributed by atoms with Crippen LogP contribution in [0.1, 0.15) is 0 Å². The van der Waals surface area contributed by atoms with Crippen molar-refractivity contribution in [1.82, 2.24) is 0 Å². The standard InChI is InChI=1S/C11H24N2OS6/c12-11(13)20-4-3-17-6-9(14)7-18-8-10(5-16)19-2-1-15/h9-10,14-16H,1-8H2,(H3,12,13). The number of rotatable bonds is 13. The van der Waals surface area contributed by atoms with E-state index >= 15 is 0 Å². The molecule has 0 aromatic carbocycles. The Kier molecular flexibility index (Phi) is 16.6. The number of nitrogens with one attached hydrogen (secondary N) is 1. The molecule has 0 aromatic heterocycles. The minimum atomic E-state index is -0.261. The quantitative estimate of drug-likeness (QED) is 0.143. The summed E-state index contributed by atoms with van der Waals surface area (Å²) in [6, 6.07) is 0. The van der Waals surface area contributed by atoms with Gasteiger partial charge in [-0.3, -0.25) is 5.41 Å². The van der Waals surface area contributed by atoms with Gasteiger partial charge in [0.2, 0.25) is 0 Å². The fraction of sp³-hybridized carbons (Fsp3) is 0.909. The molecule has 0 heterocycles. The minimum Gasteiger partial charge on any atom is -0.391 e. The lowest BCUT2D eigenvalue weighted by Crippen LogP contribution is -2.17. The molecule has 0 rings (SSSR count). The first-order chi connectivity index (χ1) is 9.60. The monoisotopic (exact) mass is 392 g/mol. The van der Waals surface area contributed by atoms with Gasteiger partial charge in [0, 0.05) is 45.5 Å². The lowest BCUT2D eigenvalue weighted by atomic mass is 10.5. The second-order valence-corrected chi connectivity index (χ2v) is 9.46. The number of nitrogens with two attached hydrogens (primary N) is 1. The van der Waals surface area contributed by atoms with Crippen LogP contribution in [0.5, 0.6) is 0 Å². The van der Waals surface area contributed by atoms with E-state index in [2.05, 4.69) is 25.3 Å². The molecule has 0 aliphatic heterocycles. The van der Waals surface area contributed by atoms with E-state index in [1.165, 1.54) is 11.8 Å². The Hall–Kier alpha value is 1.53. The second-order valence-electron chi connectivity index (χ2n) is 3.88. The van der Waals surface area contributed by atoms with E-state index in [4.69, 9.17) is 11.1 Å². The molecule has 0 saturated carbocycles. The van der Waals surface area contributed by atoms with E-state index in [0.717, 1.165) is 46.0 Å². The van der Waals surface area contributed by atoms with Crippen molar-refractivity contribution in [1.29, 1.82) is 5.41 Å². The zero-order chi connectivity index (χ0) is 15.2. The number of thioether (sulfide) groups is 4. The van der Waals surface area contributed by atoms with E-state index in [-0.39, 0.29) is 11.3 Å². The van der Waals surface area contributed by atoms with Crippen molar-refractivity contribution in [2.24, 2.45) is 5.73 Å². The molecule has 0 spiro atoms. The molecule has 20 heavy (non-hydrogen) atoms. The molecule has 0 radical (unpaired) electrons. The molecule has 4 N–H and O–H groups in total. The van der Waals surface area contributed by atoms with E-state index < -0.39 is 0 Å². The van der Waals surface area contributed by atoms with Gasteiger partial charge in [-0.15, -0.1) is 0 Å². The third kappa shape index (κ3) is 14.5. The number of hydrogen-bond acceptors (Lipinski definition) is 8. The fourth-order valence-electron chi connectivity index (χ4n) is 1.19. The SMILES string of the molecule is N=C(N)SCCSCC(O)CSCC(CS)SCCS. The molecule has 3 nitrogen and oxygen atoms in total. The zero-order valence-electron chi connectivity index (χ0n) is 11.4. The van der Waals surface area contributed by atoms with Gasteiger partial charge in [0.15, 0.2) is 5.17 Å². The van der Waals surface area contributed by atoms with Crippen molar-refractivity contribution in [3.05, 3.63) is 0 Å². The number of aliphatic hydroxyl groups is 1. The van der Waals surface area contributed by atoms with Crippen molar-refractivity contribution < 1.29 is 5.11 Å². The summed E-state index contributed by atoms with van der Waals surface area (Å²) in [5, 5.41) is 17.7. The zero-order valence-corrected chi connectivity index (χ0v) is 16.4. The molecule has 0 fully saturated rings. The molecule has 0 saturated heterocycles. The Bertz CT molecular complexity index is 247. The Morgan fingerprint density at radius 3 is 2.40 bits per heavy atom. The largest absolute Gasteiger partial charge is 0.391 e. The molecule has 0 aliphatic rings.